The van der Waals surface area contributed by atoms with Crippen LogP contribution in [0.1, 0.15) is 80.4 Å². The summed E-state index contributed by atoms with van der Waals surface area (Å²) < 4.78 is 0. The molecule has 2 aliphatic heterocycles. The van der Waals surface area contributed by atoms with Gasteiger partial charge in [0.05, 0.1) is 11.9 Å². The quantitative estimate of drug-likeness (QED) is 0.830. The van der Waals surface area contributed by atoms with Crippen molar-refractivity contribution in [1.82, 2.24) is 20.2 Å². The van der Waals surface area contributed by atoms with Gasteiger partial charge < -0.3 is 10.2 Å². The van der Waals surface area contributed by atoms with E-state index in [1.165, 1.54) is 31.9 Å². The number of carbonyl (C=O) groups is 2. The van der Waals surface area contributed by atoms with Crippen LogP contribution < -0.4 is 5.32 Å². The highest BCUT2D eigenvalue weighted by Crippen LogP contribution is 2.38. The molecule has 1 N–H and O–H groups in total. The van der Waals surface area contributed by atoms with Gasteiger partial charge in [0.25, 0.3) is 5.91 Å². The van der Waals surface area contributed by atoms with Crippen molar-refractivity contribution in [3.63, 3.8) is 0 Å². The van der Waals surface area contributed by atoms with Crippen molar-refractivity contribution in [1.29, 1.82) is 0 Å². The monoisotopic (exact) mass is 370 g/mol. The van der Waals surface area contributed by atoms with Crippen LogP contribution in [-0.4, -0.2) is 44.8 Å². The standard InChI is InChI=1S/C21H30N4O2/c1-14-12-23-19(13-22-14)20(26)24-16-10-17-8-9-18(11-16)25(17)21(27)15-6-4-2-3-5-7-15/h12-13,15-18H,2-11H2,1H3,(H,24,26). The molecule has 6 nitrogen and oxygen atoms in total. The number of amides is 2. The second-order valence-electron chi connectivity index (χ2n) is 8.50. The molecule has 6 heteroatoms. The third kappa shape index (κ3) is 3.99. The van der Waals surface area contributed by atoms with Crippen LogP contribution in [0.4, 0.5) is 0 Å². The van der Waals surface area contributed by atoms with Gasteiger partial charge in [0.15, 0.2) is 0 Å². The van der Waals surface area contributed by atoms with E-state index in [1.807, 2.05) is 6.92 Å². The second kappa shape index (κ2) is 7.95. The number of aryl methyl sites for hydroxylation is 1. The zero-order chi connectivity index (χ0) is 18.8. The zero-order valence-corrected chi connectivity index (χ0v) is 16.2. The number of nitrogens with zero attached hydrogens (tertiary/aromatic N) is 3. The van der Waals surface area contributed by atoms with Gasteiger partial charge in [0, 0.05) is 30.2 Å². The predicted molar refractivity (Wildman–Crippen MR) is 102 cm³/mol. The molecule has 2 atom stereocenters. The predicted octanol–water partition coefficient (Wildman–Crippen LogP) is 3.01. The lowest BCUT2D eigenvalue weighted by atomic mass is 9.92. The summed E-state index contributed by atoms with van der Waals surface area (Å²) in [6.07, 6.45) is 14.0. The molecule has 1 aromatic rings. The van der Waals surface area contributed by atoms with Gasteiger partial charge >= 0.3 is 0 Å². The average molecular weight is 370 g/mol. The number of rotatable bonds is 3. The van der Waals surface area contributed by atoms with Gasteiger partial charge in [0.2, 0.25) is 5.91 Å². The summed E-state index contributed by atoms with van der Waals surface area (Å²) in [5.41, 5.74) is 1.17. The minimum atomic E-state index is -0.157. The summed E-state index contributed by atoms with van der Waals surface area (Å²) in [6, 6.07) is 0.694. The first kappa shape index (κ1) is 18.4. The fraction of sp³-hybridized carbons (Fsp3) is 0.714. The zero-order valence-electron chi connectivity index (χ0n) is 16.2. The smallest absolute Gasteiger partial charge is 0.271 e. The van der Waals surface area contributed by atoms with Gasteiger partial charge in [-0.2, -0.15) is 0 Å². The Bertz CT molecular complexity index is 668. The van der Waals surface area contributed by atoms with Gasteiger partial charge in [-0.1, -0.05) is 25.7 Å². The van der Waals surface area contributed by atoms with Crippen molar-refractivity contribution in [3.05, 3.63) is 23.8 Å². The highest BCUT2D eigenvalue weighted by Gasteiger charge is 2.45. The van der Waals surface area contributed by atoms with E-state index in [0.717, 1.165) is 44.2 Å². The van der Waals surface area contributed by atoms with Crippen LogP contribution in [0.15, 0.2) is 12.4 Å². The Morgan fingerprint density at radius 2 is 1.63 bits per heavy atom. The molecule has 2 amide bonds. The van der Waals surface area contributed by atoms with E-state index in [4.69, 9.17) is 0 Å². The highest BCUT2D eigenvalue weighted by atomic mass is 16.2. The Balaban J connectivity index is 1.37. The lowest BCUT2D eigenvalue weighted by Crippen LogP contribution is -2.53. The van der Waals surface area contributed by atoms with E-state index in [-0.39, 0.29) is 30.0 Å². The molecule has 2 unspecified atom stereocenters. The first-order chi connectivity index (χ1) is 13.1. The Labute approximate surface area is 161 Å². The molecule has 0 radical (unpaired) electrons. The average Bonchev–Trinajstić information content (AvgIpc) is 2.86. The van der Waals surface area contributed by atoms with Crippen molar-refractivity contribution in [2.75, 3.05) is 0 Å². The molecule has 0 spiro atoms. The maximum Gasteiger partial charge on any atom is 0.271 e. The number of carbonyl (C=O) groups excluding carboxylic acids is 2. The van der Waals surface area contributed by atoms with Gasteiger partial charge in [-0.05, 0) is 45.4 Å². The first-order valence-electron chi connectivity index (χ1n) is 10.5. The Morgan fingerprint density at radius 3 is 2.22 bits per heavy atom. The summed E-state index contributed by atoms with van der Waals surface area (Å²) in [6.45, 7) is 1.85. The lowest BCUT2D eigenvalue weighted by Gasteiger charge is -2.40. The number of nitrogens with one attached hydrogen (secondary N) is 1. The number of fused-ring (bicyclic) bond motifs is 2. The molecular weight excluding hydrogens is 340 g/mol. The van der Waals surface area contributed by atoms with Gasteiger partial charge in [-0.25, -0.2) is 4.98 Å². The summed E-state index contributed by atoms with van der Waals surface area (Å²) in [5, 5.41) is 3.13. The summed E-state index contributed by atoms with van der Waals surface area (Å²) in [4.78, 5) is 36.2. The van der Waals surface area contributed by atoms with Crippen LogP contribution in [0.3, 0.4) is 0 Å². The minimum Gasteiger partial charge on any atom is -0.348 e. The molecule has 3 heterocycles. The maximum absolute atomic E-state index is 13.2. The third-order valence-corrected chi connectivity index (χ3v) is 6.54. The Kier molecular flexibility index (Phi) is 5.41. The van der Waals surface area contributed by atoms with Crippen LogP contribution >= 0.6 is 0 Å². The lowest BCUT2D eigenvalue weighted by molar-refractivity contribution is -0.140. The minimum absolute atomic E-state index is 0.122. The van der Waals surface area contributed by atoms with Gasteiger partial charge in [-0.15, -0.1) is 0 Å². The largest absolute Gasteiger partial charge is 0.348 e. The molecule has 4 rings (SSSR count). The summed E-state index contributed by atoms with van der Waals surface area (Å²) in [5.74, 6) is 0.457. The number of piperidine rings is 1. The van der Waals surface area contributed by atoms with Crippen molar-refractivity contribution in [3.8, 4) is 0 Å². The van der Waals surface area contributed by atoms with Crippen LogP contribution in [0.25, 0.3) is 0 Å². The fourth-order valence-electron chi connectivity index (χ4n) is 5.16. The van der Waals surface area contributed by atoms with Crippen LogP contribution in [0.2, 0.25) is 0 Å². The summed E-state index contributed by atoms with van der Waals surface area (Å²) >= 11 is 0. The van der Waals surface area contributed by atoms with Gasteiger partial charge in [0.1, 0.15) is 5.69 Å². The van der Waals surface area contributed by atoms with E-state index in [2.05, 4.69) is 20.2 Å². The van der Waals surface area contributed by atoms with E-state index in [9.17, 15) is 9.59 Å². The number of hydrogen-bond donors (Lipinski definition) is 1. The number of hydrogen-bond acceptors (Lipinski definition) is 4. The Morgan fingerprint density at radius 1 is 0.963 bits per heavy atom. The fourth-order valence-corrected chi connectivity index (χ4v) is 5.16. The number of aromatic nitrogens is 2. The second-order valence-corrected chi connectivity index (χ2v) is 8.50. The molecule has 27 heavy (non-hydrogen) atoms. The molecule has 1 aromatic heterocycles. The maximum atomic E-state index is 13.2. The highest BCUT2D eigenvalue weighted by molar-refractivity contribution is 5.92. The van der Waals surface area contributed by atoms with Crippen molar-refractivity contribution in [2.24, 2.45) is 5.92 Å². The topological polar surface area (TPSA) is 75.2 Å². The van der Waals surface area contributed by atoms with Crippen LogP contribution in [0.5, 0.6) is 0 Å². The molecule has 0 aromatic carbocycles. The van der Waals surface area contributed by atoms with E-state index in [1.54, 1.807) is 6.20 Å². The molecular formula is C21H30N4O2. The summed E-state index contributed by atoms with van der Waals surface area (Å²) in [7, 11) is 0. The molecule has 3 fully saturated rings. The first-order valence-corrected chi connectivity index (χ1v) is 10.5. The SMILES string of the molecule is Cc1cnc(C(=O)NC2CC3CCC(C2)N3C(=O)C2CCCCCC2)cn1. The molecule has 1 saturated carbocycles. The molecule has 2 bridgehead atoms. The molecule has 1 aliphatic carbocycles. The van der Waals surface area contributed by atoms with Crippen molar-refractivity contribution >= 4 is 11.8 Å². The normalized spacial score (nSPS) is 28.6. The van der Waals surface area contributed by atoms with Gasteiger partial charge in [-0.3, -0.25) is 14.6 Å². The van der Waals surface area contributed by atoms with Crippen molar-refractivity contribution in [2.45, 2.75) is 89.3 Å². The Hall–Kier alpha value is -1.98. The van der Waals surface area contributed by atoms with E-state index >= 15 is 0 Å². The molecule has 2 saturated heterocycles. The third-order valence-electron chi connectivity index (χ3n) is 6.54. The van der Waals surface area contributed by atoms with Crippen LogP contribution in [0, 0.1) is 12.8 Å². The van der Waals surface area contributed by atoms with E-state index in [0.29, 0.717) is 11.6 Å². The molecule has 3 aliphatic rings. The van der Waals surface area contributed by atoms with E-state index < -0.39 is 0 Å². The molecule has 146 valence electrons. The van der Waals surface area contributed by atoms with Crippen LogP contribution in [-0.2, 0) is 4.79 Å². The van der Waals surface area contributed by atoms with Crippen molar-refractivity contribution < 1.29 is 9.59 Å².